The summed E-state index contributed by atoms with van der Waals surface area (Å²) >= 11 is 0. The summed E-state index contributed by atoms with van der Waals surface area (Å²) in [6, 6.07) is 0.425. The zero-order chi connectivity index (χ0) is 14.4. The number of carbonyl (C=O) groups excluding carboxylic acids is 2. The number of carbonyl (C=O) groups is 2. The van der Waals surface area contributed by atoms with Crippen molar-refractivity contribution in [2.45, 2.75) is 38.8 Å². The lowest BCUT2D eigenvalue weighted by Crippen LogP contribution is -2.51. The van der Waals surface area contributed by atoms with Gasteiger partial charge in [-0.05, 0) is 39.8 Å². The van der Waals surface area contributed by atoms with Gasteiger partial charge in [0.25, 0.3) is 0 Å². The molecule has 6 nitrogen and oxygen atoms in total. The maximum Gasteiger partial charge on any atom is 0.236 e. The van der Waals surface area contributed by atoms with E-state index in [2.05, 4.69) is 5.32 Å². The molecule has 110 valence electrons. The standard InChI is InChI=1S/C13H26N4O2/c1-10(2)16(3)13(19)9-17(8-12(14)18)11-4-6-15-7-5-11/h10-11,15H,4-9H2,1-3H3,(H2,14,18). The van der Waals surface area contributed by atoms with E-state index in [1.165, 1.54) is 0 Å². The van der Waals surface area contributed by atoms with Crippen LogP contribution in [0.1, 0.15) is 26.7 Å². The highest BCUT2D eigenvalue weighted by Gasteiger charge is 2.25. The number of hydrogen-bond donors (Lipinski definition) is 2. The van der Waals surface area contributed by atoms with E-state index in [1.54, 1.807) is 11.9 Å². The third kappa shape index (κ3) is 5.16. The van der Waals surface area contributed by atoms with Crippen molar-refractivity contribution in [2.24, 2.45) is 5.73 Å². The molecule has 0 unspecified atom stereocenters. The van der Waals surface area contributed by atoms with E-state index < -0.39 is 0 Å². The van der Waals surface area contributed by atoms with Crippen LogP contribution < -0.4 is 11.1 Å². The Kier molecular flexibility index (Phi) is 6.24. The van der Waals surface area contributed by atoms with Gasteiger partial charge >= 0.3 is 0 Å². The fraction of sp³-hybridized carbons (Fsp3) is 0.846. The van der Waals surface area contributed by atoms with E-state index in [0.717, 1.165) is 25.9 Å². The predicted octanol–water partition coefficient (Wildman–Crippen LogP) is -0.607. The molecule has 6 heteroatoms. The van der Waals surface area contributed by atoms with E-state index in [-0.39, 0.29) is 37.0 Å². The number of nitrogens with two attached hydrogens (primary N) is 1. The molecule has 0 aromatic heterocycles. The SMILES string of the molecule is CC(C)N(C)C(=O)CN(CC(N)=O)C1CCNCC1. The molecule has 1 aliphatic rings. The largest absolute Gasteiger partial charge is 0.369 e. The zero-order valence-corrected chi connectivity index (χ0v) is 12.2. The van der Waals surface area contributed by atoms with Gasteiger partial charge in [0.2, 0.25) is 11.8 Å². The molecule has 0 atom stereocenters. The molecule has 0 aromatic carbocycles. The van der Waals surface area contributed by atoms with E-state index in [4.69, 9.17) is 5.73 Å². The Morgan fingerprint density at radius 3 is 2.32 bits per heavy atom. The Morgan fingerprint density at radius 1 is 1.26 bits per heavy atom. The Hall–Kier alpha value is -1.14. The smallest absolute Gasteiger partial charge is 0.236 e. The Morgan fingerprint density at radius 2 is 1.84 bits per heavy atom. The zero-order valence-electron chi connectivity index (χ0n) is 12.2. The van der Waals surface area contributed by atoms with Crippen molar-refractivity contribution in [3.05, 3.63) is 0 Å². The highest BCUT2D eigenvalue weighted by atomic mass is 16.2. The topological polar surface area (TPSA) is 78.7 Å². The highest BCUT2D eigenvalue weighted by molar-refractivity contribution is 5.80. The van der Waals surface area contributed by atoms with Gasteiger partial charge in [0.15, 0.2) is 0 Å². The van der Waals surface area contributed by atoms with Crippen LogP contribution in [0.25, 0.3) is 0 Å². The number of amides is 2. The van der Waals surface area contributed by atoms with Crippen molar-refractivity contribution < 1.29 is 9.59 Å². The summed E-state index contributed by atoms with van der Waals surface area (Å²) in [5, 5.41) is 3.28. The number of nitrogens with one attached hydrogen (secondary N) is 1. The average molecular weight is 270 g/mol. The van der Waals surface area contributed by atoms with Crippen molar-refractivity contribution in [1.29, 1.82) is 0 Å². The molecule has 19 heavy (non-hydrogen) atoms. The summed E-state index contributed by atoms with van der Waals surface area (Å²) in [6.07, 6.45) is 1.90. The van der Waals surface area contributed by atoms with Gasteiger partial charge in [0.05, 0.1) is 13.1 Å². The summed E-state index contributed by atoms with van der Waals surface area (Å²) in [5.74, 6) is -0.340. The van der Waals surface area contributed by atoms with Crippen LogP contribution in [0.5, 0.6) is 0 Å². The lowest BCUT2D eigenvalue weighted by Gasteiger charge is -2.34. The molecule has 0 spiro atoms. The molecule has 1 rings (SSSR count). The second-order valence-electron chi connectivity index (χ2n) is 5.45. The summed E-state index contributed by atoms with van der Waals surface area (Å²) < 4.78 is 0. The van der Waals surface area contributed by atoms with Crippen LogP contribution in [-0.4, -0.2) is 66.9 Å². The summed E-state index contributed by atoms with van der Waals surface area (Å²) in [7, 11) is 1.79. The van der Waals surface area contributed by atoms with Crippen molar-refractivity contribution >= 4 is 11.8 Å². The first kappa shape index (κ1) is 15.9. The highest BCUT2D eigenvalue weighted by Crippen LogP contribution is 2.12. The maximum atomic E-state index is 12.1. The molecule has 0 radical (unpaired) electrons. The Balaban J connectivity index is 2.62. The lowest BCUT2D eigenvalue weighted by atomic mass is 10.0. The van der Waals surface area contributed by atoms with E-state index in [0.29, 0.717) is 0 Å². The number of piperidine rings is 1. The van der Waals surface area contributed by atoms with Gasteiger partial charge < -0.3 is 16.0 Å². The number of nitrogens with zero attached hydrogens (tertiary/aromatic N) is 2. The van der Waals surface area contributed by atoms with Gasteiger partial charge in [-0.1, -0.05) is 0 Å². The van der Waals surface area contributed by atoms with Crippen molar-refractivity contribution in [2.75, 3.05) is 33.2 Å². The number of rotatable bonds is 6. The van der Waals surface area contributed by atoms with Crippen LogP contribution >= 0.6 is 0 Å². The Bertz CT molecular complexity index is 314. The molecule has 0 bridgehead atoms. The predicted molar refractivity (Wildman–Crippen MR) is 74.6 cm³/mol. The van der Waals surface area contributed by atoms with Gasteiger partial charge in [-0.2, -0.15) is 0 Å². The van der Waals surface area contributed by atoms with E-state index in [1.807, 2.05) is 18.7 Å². The van der Waals surface area contributed by atoms with Crippen LogP contribution in [0.3, 0.4) is 0 Å². The number of primary amides is 1. The monoisotopic (exact) mass is 270 g/mol. The normalized spacial score (nSPS) is 16.9. The van der Waals surface area contributed by atoms with E-state index >= 15 is 0 Å². The molecule has 0 aromatic rings. The molecule has 1 saturated heterocycles. The molecule has 2 amide bonds. The van der Waals surface area contributed by atoms with Crippen LogP contribution in [0.15, 0.2) is 0 Å². The third-order valence-corrected chi connectivity index (χ3v) is 3.69. The molecule has 0 aliphatic carbocycles. The second kappa shape index (κ2) is 7.45. The van der Waals surface area contributed by atoms with Crippen molar-refractivity contribution in [3.63, 3.8) is 0 Å². The first-order valence-corrected chi connectivity index (χ1v) is 6.90. The summed E-state index contributed by atoms with van der Waals surface area (Å²) in [5.41, 5.74) is 5.29. The third-order valence-electron chi connectivity index (χ3n) is 3.69. The quantitative estimate of drug-likeness (QED) is 0.675. The summed E-state index contributed by atoms with van der Waals surface area (Å²) in [4.78, 5) is 26.9. The van der Waals surface area contributed by atoms with Gasteiger partial charge in [0.1, 0.15) is 0 Å². The van der Waals surface area contributed by atoms with Gasteiger partial charge in [-0.15, -0.1) is 0 Å². The van der Waals surface area contributed by atoms with Crippen molar-refractivity contribution in [1.82, 2.24) is 15.1 Å². The molecule has 1 aliphatic heterocycles. The molecular weight excluding hydrogens is 244 g/mol. The van der Waals surface area contributed by atoms with E-state index in [9.17, 15) is 9.59 Å². The number of hydrogen-bond acceptors (Lipinski definition) is 4. The molecule has 0 saturated carbocycles. The minimum atomic E-state index is -0.376. The number of likely N-dealkylation sites (N-methyl/N-ethyl adjacent to an activating group) is 1. The first-order valence-electron chi connectivity index (χ1n) is 6.90. The maximum absolute atomic E-state index is 12.1. The van der Waals surface area contributed by atoms with Crippen LogP contribution in [0.2, 0.25) is 0 Å². The van der Waals surface area contributed by atoms with Crippen LogP contribution in [0.4, 0.5) is 0 Å². The molecular formula is C13H26N4O2. The van der Waals surface area contributed by atoms with Gasteiger partial charge in [0, 0.05) is 19.1 Å². The fourth-order valence-corrected chi connectivity index (χ4v) is 2.26. The minimum Gasteiger partial charge on any atom is -0.369 e. The first-order chi connectivity index (χ1) is 8.91. The second-order valence-corrected chi connectivity index (χ2v) is 5.45. The average Bonchev–Trinajstić information content (AvgIpc) is 2.37. The van der Waals surface area contributed by atoms with Crippen LogP contribution in [0, 0.1) is 0 Å². The Labute approximate surface area is 115 Å². The molecule has 3 N–H and O–H groups in total. The summed E-state index contributed by atoms with van der Waals surface area (Å²) in [6.45, 7) is 6.22. The lowest BCUT2D eigenvalue weighted by molar-refractivity contribution is -0.134. The van der Waals surface area contributed by atoms with Crippen molar-refractivity contribution in [3.8, 4) is 0 Å². The van der Waals surface area contributed by atoms with Gasteiger partial charge in [-0.3, -0.25) is 14.5 Å². The molecule has 1 heterocycles. The van der Waals surface area contributed by atoms with Gasteiger partial charge in [-0.25, -0.2) is 0 Å². The molecule has 1 fully saturated rings. The minimum absolute atomic E-state index is 0.0368. The fourth-order valence-electron chi connectivity index (χ4n) is 2.26. The van der Waals surface area contributed by atoms with Crippen LogP contribution in [-0.2, 0) is 9.59 Å².